The molecule has 1 aromatic carbocycles. The molecule has 0 saturated heterocycles. The summed E-state index contributed by atoms with van der Waals surface area (Å²) >= 11 is 4.22. The van der Waals surface area contributed by atoms with E-state index in [1.165, 1.54) is 19.3 Å². The van der Waals surface area contributed by atoms with Crippen molar-refractivity contribution in [3.05, 3.63) is 29.8 Å². The molecule has 2 nitrogen and oxygen atoms in total. The van der Waals surface area contributed by atoms with Gasteiger partial charge in [0, 0.05) is 10.9 Å². The van der Waals surface area contributed by atoms with Gasteiger partial charge in [0.25, 0.3) is 0 Å². The van der Waals surface area contributed by atoms with E-state index in [1.54, 1.807) is 0 Å². The molecule has 1 aromatic rings. The topological polar surface area (TPSA) is 29.1 Å². The molecule has 17 heavy (non-hydrogen) atoms. The van der Waals surface area contributed by atoms with Gasteiger partial charge in [-0.15, -0.1) is 12.6 Å². The van der Waals surface area contributed by atoms with E-state index in [0.717, 1.165) is 10.5 Å². The van der Waals surface area contributed by atoms with Gasteiger partial charge in [0.15, 0.2) is 0 Å². The molecule has 1 unspecified atom stereocenters. The van der Waals surface area contributed by atoms with E-state index < -0.39 is 0 Å². The molecule has 0 bridgehead atoms. The third kappa shape index (κ3) is 3.50. The fourth-order valence-corrected chi connectivity index (χ4v) is 2.31. The fourth-order valence-electron chi connectivity index (χ4n) is 2.16. The highest BCUT2D eigenvalue weighted by Gasteiger charge is 2.24. The van der Waals surface area contributed by atoms with Crippen LogP contribution in [0.2, 0.25) is 0 Å². The largest absolute Gasteiger partial charge is 0.353 e. The summed E-state index contributed by atoms with van der Waals surface area (Å²) in [5.74, 6) is 0.815. The van der Waals surface area contributed by atoms with Crippen molar-refractivity contribution in [3.8, 4) is 0 Å². The first-order chi connectivity index (χ1) is 8.15. The number of carbonyl (C=O) groups is 1. The minimum Gasteiger partial charge on any atom is -0.353 e. The monoisotopic (exact) mass is 249 g/mol. The number of thiol groups is 1. The zero-order valence-corrected chi connectivity index (χ0v) is 11.0. The molecular formula is C14H19NOS. The number of benzene rings is 1. The number of carbonyl (C=O) groups excluding carboxylic acids is 1. The van der Waals surface area contributed by atoms with Gasteiger partial charge in [-0.3, -0.25) is 4.79 Å². The number of hydrogen-bond donors (Lipinski definition) is 2. The maximum atomic E-state index is 11.8. The van der Waals surface area contributed by atoms with E-state index >= 15 is 0 Å². The van der Waals surface area contributed by atoms with Crippen LogP contribution in [0.5, 0.6) is 0 Å². The van der Waals surface area contributed by atoms with E-state index in [0.29, 0.717) is 18.4 Å². The predicted octanol–water partition coefficient (Wildman–Crippen LogP) is 2.82. The van der Waals surface area contributed by atoms with Crippen LogP contribution in [0, 0.1) is 5.92 Å². The van der Waals surface area contributed by atoms with Gasteiger partial charge in [0.05, 0.1) is 6.42 Å². The minimum absolute atomic E-state index is 0.122. The van der Waals surface area contributed by atoms with Crippen molar-refractivity contribution in [2.75, 3.05) is 0 Å². The van der Waals surface area contributed by atoms with E-state index in [2.05, 4.69) is 24.9 Å². The molecule has 0 aromatic heterocycles. The molecule has 1 amide bonds. The maximum Gasteiger partial charge on any atom is 0.224 e. The van der Waals surface area contributed by atoms with Crippen molar-refractivity contribution in [2.45, 2.75) is 43.5 Å². The second-order valence-electron chi connectivity index (χ2n) is 4.89. The van der Waals surface area contributed by atoms with Crippen LogP contribution < -0.4 is 5.32 Å². The third-order valence-corrected chi connectivity index (χ3v) is 3.84. The summed E-state index contributed by atoms with van der Waals surface area (Å²) in [4.78, 5) is 12.7. The second-order valence-corrected chi connectivity index (χ2v) is 5.41. The lowest BCUT2D eigenvalue weighted by Gasteiger charge is -2.31. The highest BCUT2D eigenvalue weighted by Crippen LogP contribution is 2.29. The fraction of sp³-hybridized carbons (Fsp3) is 0.500. The average molecular weight is 249 g/mol. The molecule has 0 radical (unpaired) electrons. The quantitative estimate of drug-likeness (QED) is 0.789. The lowest BCUT2D eigenvalue weighted by Crippen LogP contribution is -2.41. The lowest BCUT2D eigenvalue weighted by atomic mass is 9.80. The Labute approximate surface area is 108 Å². The van der Waals surface area contributed by atoms with Crippen LogP contribution >= 0.6 is 12.6 Å². The molecule has 1 aliphatic rings. The molecule has 1 atom stereocenters. The summed E-state index contributed by atoms with van der Waals surface area (Å²) in [7, 11) is 0. The molecule has 1 fully saturated rings. The van der Waals surface area contributed by atoms with E-state index in [4.69, 9.17) is 0 Å². The molecule has 0 heterocycles. The first-order valence-corrected chi connectivity index (χ1v) is 6.67. The Balaban J connectivity index is 1.82. The summed E-state index contributed by atoms with van der Waals surface area (Å²) in [5, 5.41) is 3.09. The van der Waals surface area contributed by atoms with Crippen LogP contribution in [-0.4, -0.2) is 11.9 Å². The third-order valence-electron chi connectivity index (χ3n) is 3.55. The predicted molar refractivity (Wildman–Crippen MR) is 72.3 cm³/mol. The van der Waals surface area contributed by atoms with Crippen molar-refractivity contribution in [1.82, 2.24) is 5.32 Å². The Hall–Kier alpha value is -0.960. The smallest absolute Gasteiger partial charge is 0.224 e. The van der Waals surface area contributed by atoms with E-state index in [9.17, 15) is 4.79 Å². The van der Waals surface area contributed by atoms with E-state index in [1.807, 2.05) is 24.3 Å². The Morgan fingerprint density at radius 2 is 2.06 bits per heavy atom. The van der Waals surface area contributed by atoms with Crippen LogP contribution in [0.1, 0.15) is 31.7 Å². The van der Waals surface area contributed by atoms with Gasteiger partial charge >= 0.3 is 0 Å². The Morgan fingerprint density at radius 3 is 2.59 bits per heavy atom. The van der Waals surface area contributed by atoms with Crippen molar-refractivity contribution in [1.29, 1.82) is 0 Å². The summed E-state index contributed by atoms with van der Waals surface area (Å²) in [6, 6.07) is 8.06. The van der Waals surface area contributed by atoms with Crippen LogP contribution in [-0.2, 0) is 11.2 Å². The molecule has 0 aliphatic heterocycles. The molecule has 1 N–H and O–H groups in total. The summed E-state index contributed by atoms with van der Waals surface area (Å²) < 4.78 is 0. The highest BCUT2D eigenvalue weighted by molar-refractivity contribution is 7.80. The van der Waals surface area contributed by atoms with E-state index in [-0.39, 0.29) is 5.91 Å². The molecule has 3 heteroatoms. The summed E-state index contributed by atoms with van der Waals surface area (Å²) in [6.07, 6.45) is 4.30. The van der Waals surface area contributed by atoms with Crippen LogP contribution in [0.15, 0.2) is 29.2 Å². The Kier molecular flexibility index (Phi) is 4.11. The average Bonchev–Trinajstić information content (AvgIpc) is 2.18. The number of hydrogen-bond acceptors (Lipinski definition) is 2. The lowest BCUT2D eigenvalue weighted by molar-refractivity contribution is -0.121. The standard InChI is InChI=1S/C14H19NOS/c1-10(12-3-2-4-12)15-14(16)9-11-5-7-13(17)8-6-11/h5-8,10,12,17H,2-4,9H2,1H3,(H,15,16). The molecule has 2 rings (SSSR count). The summed E-state index contributed by atoms with van der Waals surface area (Å²) in [6.45, 7) is 2.11. The van der Waals surface area contributed by atoms with Gasteiger partial charge in [-0.1, -0.05) is 18.6 Å². The van der Waals surface area contributed by atoms with Crippen LogP contribution in [0.25, 0.3) is 0 Å². The highest BCUT2D eigenvalue weighted by atomic mass is 32.1. The van der Waals surface area contributed by atoms with Gasteiger partial charge in [0.1, 0.15) is 0 Å². The van der Waals surface area contributed by atoms with Gasteiger partial charge in [-0.25, -0.2) is 0 Å². The first kappa shape index (κ1) is 12.5. The zero-order chi connectivity index (χ0) is 12.3. The van der Waals surface area contributed by atoms with Gasteiger partial charge in [-0.2, -0.15) is 0 Å². The molecule has 0 spiro atoms. The maximum absolute atomic E-state index is 11.8. The molecule has 92 valence electrons. The Morgan fingerprint density at radius 1 is 1.41 bits per heavy atom. The normalized spacial score (nSPS) is 17.3. The molecule has 1 saturated carbocycles. The van der Waals surface area contributed by atoms with Gasteiger partial charge < -0.3 is 5.32 Å². The second kappa shape index (κ2) is 5.58. The summed E-state index contributed by atoms with van der Waals surface area (Å²) in [5.41, 5.74) is 1.04. The zero-order valence-electron chi connectivity index (χ0n) is 10.1. The van der Waals surface area contributed by atoms with Crippen molar-refractivity contribution in [3.63, 3.8) is 0 Å². The number of nitrogens with one attached hydrogen (secondary N) is 1. The van der Waals surface area contributed by atoms with Crippen molar-refractivity contribution >= 4 is 18.5 Å². The van der Waals surface area contributed by atoms with Gasteiger partial charge in [-0.05, 0) is 43.4 Å². The molecular weight excluding hydrogens is 230 g/mol. The number of rotatable bonds is 4. The molecule has 1 aliphatic carbocycles. The first-order valence-electron chi connectivity index (χ1n) is 6.22. The van der Waals surface area contributed by atoms with Crippen LogP contribution in [0.3, 0.4) is 0 Å². The van der Waals surface area contributed by atoms with Crippen molar-refractivity contribution in [2.24, 2.45) is 5.92 Å². The van der Waals surface area contributed by atoms with Gasteiger partial charge in [0.2, 0.25) is 5.91 Å². The SMILES string of the molecule is CC(NC(=O)Cc1ccc(S)cc1)C1CCC1. The van der Waals surface area contributed by atoms with Crippen LogP contribution in [0.4, 0.5) is 0 Å². The minimum atomic E-state index is 0.122. The Bertz CT molecular complexity index is 384. The number of amides is 1. The van der Waals surface area contributed by atoms with Crippen molar-refractivity contribution < 1.29 is 4.79 Å².